The average Bonchev–Trinajstić information content (AvgIpc) is 3.00. The second-order valence-electron chi connectivity index (χ2n) is 6.60. The van der Waals surface area contributed by atoms with E-state index in [1.165, 1.54) is 0 Å². The van der Waals surface area contributed by atoms with Gasteiger partial charge in [-0.25, -0.2) is 9.31 Å². The minimum atomic E-state index is -0.534. The molecule has 1 amide bonds. The zero-order chi connectivity index (χ0) is 18.0. The number of amides is 1. The lowest BCUT2D eigenvalue weighted by atomic mass is 10.1. The number of hydrogen-bond acceptors (Lipinski definition) is 4. The fourth-order valence-corrected chi connectivity index (χ4v) is 2.65. The molecule has 7 heteroatoms. The quantitative estimate of drug-likeness (QED) is 0.766. The summed E-state index contributed by atoms with van der Waals surface area (Å²) < 4.78 is 6.98. The van der Waals surface area contributed by atoms with Crippen molar-refractivity contribution in [2.75, 3.05) is 0 Å². The van der Waals surface area contributed by atoms with E-state index in [1.807, 2.05) is 45.0 Å². The van der Waals surface area contributed by atoms with Gasteiger partial charge in [0, 0.05) is 29.5 Å². The highest BCUT2D eigenvalue weighted by atomic mass is 35.5. The second kappa shape index (κ2) is 6.72. The summed E-state index contributed by atoms with van der Waals surface area (Å²) in [5, 5.41) is 7.46. The molecule has 0 spiro atoms. The summed E-state index contributed by atoms with van der Waals surface area (Å²) in [7, 11) is 0. The van der Waals surface area contributed by atoms with Gasteiger partial charge in [-0.3, -0.25) is 4.98 Å². The van der Waals surface area contributed by atoms with Gasteiger partial charge >= 0.3 is 6.09 Å². The number of carbonyl (C=O) groups is 1. The van der Waals surface area contributed by atoms with Gasteiger partial charge in [-0.05, 0) is 38.5 Å². The number of hydrogen-bond donors (Lipinski definition) is 1. The van der Waals surface area contributed by atoms with Crippen molar-refractivity contribution in [1.29, 1.82) is 0 Å². The molecule has 3 rings (SSSR count). The Hall–Kier alpha value is -2.60. The Bertz CT molecular complexity index is 915. The fraction of sp³-hybridized carbons (Fsp3) is 0.278. The Labute approximate surface area is 150 Å². The summed E-state index contributed by atoms with van der Waals surface area (Å²) in [6, 6.07) is 7.53. The lowest BCUT2D eigenvalue weighted by Crippen LogP contribution is -2.32. The molecule has 0 atom stereocenters. The number of aromatic nitrogens is 3. The highest BCUT2D eigenvalue weighted by Crippen LogP contribution is 2.27. The molecule has 0 saturated heterocycles. The molecule has 6 nitrogen and oxygen atoms in total. The number of carbonyl (C=O) groups excluding carboxylic acids is 1. The number of halogens is 1. The van der Waals surface area contributed by atoms with Gasteiger partial charge in [-0.2, -0.15) is 5.10 Å². The summed E-state index contributed by atoms with van der Waals surface area (Å²) >= 11 is 6.38. The molecule has 0 aliphatic carbocycles. The van der Waals surface area contributed by atoms with Crippen LogP contribution in [0.1, 0.15) is 26.3 Å². The third-order valence-electron chi connectivity index (χ3n) is 3.47. The highest BCUT2D eigenvalue weighted by Gasteiger charge is 2.16. The van der Waals surface area contributed by atoms with Crippen molar-refractivity contribution in [3.8, 4) is 11.3 Å². The third kappa shape index (κ3) is 4.09. The Morgan fingerprint density at radius 3 is 2.80 bits per heavy atom. The van der Waals surface area contributed by atoms with Gasteiger partial charge in [-0.1, -0.05) is 23.7 Å². The van der Waals surface area contributed by atoms with Gasteiger partial charge in [0.15, 0.2) is 0 Å². The molecule has 0 radical (unpaired) electrons. The minimum absolute atomic E-state index is 0.290. The first-order valence-electron chi connectivity index (χ1n) is 7.87. The molecule has 0 fully saturated rings. The first-order chi connectivity index (χ1) is 11.8. The van der Waals surface area contributed by atoms with Crippen LogP contribution in [-0.4, -0.2) is 26.3 Å². The van der Waals surface area contributed by atoms with E-state index in [1.54, 1.807) is 23.1 Å². The number of alkyl carbamates (subject to hydrolysis) is 1. The largest absolute Gasteiger partial charge is 0.444 e. The van der Waals surface area contributed by atoms with Crippen molar-refractivity contribution >= 4 is 23.2 Å². The monoisotopic (exact) mass is 358 g/mol. The van der Waals surface area contributed by atoms with Crippen LogP contribution in [0.4, 0.5) is 4.79 Å². The van der Waals surface area contributed by atoms with Crippen LogP contribution in [0.25, 0.3) is 16.8 Å². The van der Waals surface area contributed by atoms with Crippen LogP contribution >= 0.6 is 11.6 Å². The van der Waals surface area contributed by atoms with Crippen LogP contribution < -0.4 is 5.32 Å². The van der Waals surface area contributed by atoms with Crippen molar-refractivity contribution in [3.63, 3.8) is 0 Å². The predicted molar refractivity (Wildman–Crippen MR) is 96.5 cm³/mol. The van der Waals surface area contributed by atoms with E-state index in [-0.39, 0.29) is 0 Å². The Kier molecular flexibility index (Phi) is 4.63. The number of nitrogens with zero attached hydrogens (tertiary/aromatic N) is 3. The molecule has 0 unspecified atom stereocenters. The Morgan fingerprint density at radius 1 is 1.28 bits per heavy atom. The van der Waals surface area contributed by atoms with Crippen molar-refractivity contribution in [3.05, 3.63) is 53.4 Å². The van der Waals surface area contributed by atoms with Crippen molar-refractivity contribution < 1.29 is 9.53 Å². The topological polar surface area (TPSA) is 68.5 Å². The molecule has 1 aromatic carbocycles. The minimum Gasteiger partial charge on any atom is -0.444 e. The molecule has 2 heterocycles. The van der Waals surface area contributed by atoms with Gasteiger partial charge in [0.1, 0.15) is 5.60 Å². The van der Waals surface area contributed by atoms with Crippen molar-refractivity contribution in [2.24, 2.45) is 0 Å². The number of ether oxygens (including phenoxy) is 1. The standard InChI is InChI=1S/C18H19ClN4O2/c1-18(2,3)25-17(24)21-11-13-5-4-12(10-14(13)19)16-15-6-7-22-23(15)9-8-20-16/h4-10H,11H2,1-3H3,(H,21,24). The Balaban J connectivity index is 1.77. The average molecular weight is 359 g/mol. The van der Waals surface area contributed by atoms with E-state index >= 15 is 0 Å². The zero-order valence-corrected chi connectivity index (χ0v) is 15.0. The smallest absolute Gasteiger partial charge is 0.407 e. The molecule has 0 aliphatic rings. The maximum absolute atomic E-state index is 11.8. The lowest BCUT2D eigenvalue weighted by Gasteiger charge is -2.19. The number of fused-ring (bicyclic) bond motifs is 1. The summed E-state index contributed by atoms with van der Waals surface area (Å²) in [6.07, 6.45) is 4.74. The molecule has 130 valence electrons. The summed E-state index contributed by atoms with van der Waals surface area (Å²) in [4.78, 5) is 16.2. The van der Waals surface area contributed by atoms with Crippen LogP contribution in [0, 0.1) is 0 Å². The van der Waals surface area contributed by atoms with Crippen molar-refractivity contribution in [1.82, 2.24) is 19.9 Å². The van der Waals surface area contributed by atoms with Crippen LogP contribution in [0.3, 0.4) is 0 Å². The highest BCUT2D eigenvalue weighted by molar-refractivity contribution is 6.31. The van der Waals surface area contributed by atoms with Gasteiger partial charge in [0.05, 0.1) is 17.4 Å². The molecule has 2 aromatic heterocycles. The maximum Gasteiger partial charge on any atom is 0.407 e. The lowest BCUT2D eigenvalue weighted by molar-refractivity contribution is 0.0523. The summed E-state index contributed by atoms with van der Waals surface area (Å²) in [5.74, 6) is 0. The molecular weight excluding hydrogens is 340 g/mol. The third-order valence-corrected chi connectivity index (χ3v) is 3.82. The van der Waals surface area contributed by atoms with Gasteiger partial charge in [0.2, 0.25) is 0 Å². The molecular formula is C18H19ClN4O2. The second-order valence-corrected chi connectivity index (χ2v) is 7.01. The number of rotatable bonds is 3. The summed E-state index contributed by atoms with van der Waals surface area (Å²) in [5.41, 5.74) is 2.86. The van der Waals surface area contributed by atoms with Crippen LogP contribution in [-0.2, 0) is 11.3 Å². The van der Waals surface area contributed by atoms with E-state index in [0.29, 0.717) is 11.6 Å². The van der Waals surface area contributed by atoms with E-state index in [9.17, 15) is 4.79 Å². The Morgan fingerprint density at radius 2 is 2.08 bits per heavy atom. The molecule has 3 aromatic rings. The van der Waals surface area contributed by atoms with Gasteiger partial charge in [-0.15, -0.1) is 0 Å². The molecule has 0 saturated carbocycles. The normalized spacial score (nSPS) is 11.5. The maximum atomic E-state index is 11.8. The van der Waals surface area contributed by atoms with E-state index in [2.05, 4.69) is 15.4 Å². The molecule has 0 aliphatic heterocycles. The number of benzene rings is 1. The van der Waals surface area contributed by atoms with E-state index in [0.717, 1.165) is 22.3 Å². The molecule has 25 heavy (non-hydrogen) atoms. The van der Waals surface area contributed by atoms with Crippen LogP contribution in [0.15, 0.2) is 42.9 Å². The molecule has 1 N–H and O–H groups in total. The first-order valence-corrected chi connectivity index (χ1v) is 8.25. The summed E-state index contributed by atoms with van der Waals surface area (Å²) in [6.45, 7) is 5.74. The molecule has 0 bridgehead atoms. The zero-order valence-electron chi connectivity index (χ0n) is 14.3. The number of nitrogens with one attached hydrogen (secondary N) is 1. The van der Waals surface area contributed by atoms with Crippen LogP contribution in [0.2, 0.25) is 5.02 Å². The fourth-order valence-electron chi connectivity index (χ4n) is 2.40. The van der Waals surface area contributed by atoms with E-state index in [4.69, 9.17) is 16.3 Å². The van der Waals surface area contributed by atoms with Crippen molar-refractivity contribution in [2.45, 2.75) is 32.9 Å². The van der Waals surface area contributed by atoms with E-state index < -0.39 is 11.7 Å². The first kappa shape index (κ1) is 17.2. The van der Waals surface area contributed by atoms with Crippen LogP contribution in [0.5, 0.6) is 0 Å². The van der Waals surface area contributed by atoms with Gasteiger partial charge < -0.3 is 10.1 Å². The van der Waals surface area contributed by atoms with Gasteiger partial charge in [0.25, 0.3) is 0 Å². The predicted octanol–water partition coefficient (Wildman–Crippen LogP) is 4.07. The SMILES string of the molecule is CC(C)(C)OC(=O)NCc1ccc(-c2nccn3nccc23)cc1Cl.